The smallest absolute Gasteiger partial charge is 0.295 e. The van der Waals surface area contributed by atoms with Crippen LogP contribution < -0.4 is 4.74 Å². The van der Waals surface area contributed by atoms with Crippen LogP contribution in [-0.2, 0) is 16.1 Å². The number of rotatable bonds is 6. The number of aromatic nitrogens is 1. The Morgan fingerprint density at radius 1 is 1.09 bits per heavy atom. The van der Waals surface area contributed by atoms with E-state index in [1.165, 1.54) is 4.90 Å². The molecule has 0 bridgehead atoms. The number of pyridine rings is 1. The summed E-state index contributed by atoms with van der Waals surface area (Å²) in [6.45, 7) is 4.51. The highest BCUT2D eigenvalue weighted by Gasteiger charge is 2.46. The molecule has 1 aromatic heterocycles. The maximum Gasteiger partial charge on any atom is 0.295 e. The average molecular weight is 428 g/mol. The monoisotopic (exact) mass is 428 g/mol. The molecule has 4 rings (SSSR count). The van der Waals surface area contributed by atoms with Crippen molar-refractivity contribution in [1.29, 1.82) is 0 Å². The molecule has 1 atom stereocenters. The minimum atomic E-state index is -0.705. The molecule has 0 aliphatic carbocycles. The van der Waals surface area contributed by atoms with Crippen molar-refractivity contribution in [3.05, 3.63) is 101 Å². The van der Waals surface area contributed by atoms with Gasteiger partial charge >= 0.3 is 0 Å². The second-order valence-electron chi connectivity index (χ2n) is 7.61. The Kier molecular flexibility index (Phi) is 6.03. The zero-order valence-electron chi connectivity index (χ0n) is 18.0. The lowest BCUT2D eigenvalue weighted by Gasteiger charge is -2.25. The molecule has 0 spiro atoms. The first-order chi connectivity index (χ1) is 15.5. The number of benzene rings is 2. The SMILES string of the molecule is CCOc1ccc(C(O)=C2C(=O)C(=O)N(Cc3cccnc3)C2c2ccccc2)cc1C. The van der Waals surface area contributed by atoms with E-state index >= 15 is 0 Å². The van der Waals surface area contributed by atoms with Gasteiger partial charge in [-0.05, 0) is 54.8 Å². The molecule has 6 nitrogen and oxygen atoms in total. The maximum atomic E-state index is 13.1. The van der Waals surface area contributed by atoms with E-state index in [1.54, 1.807) is 36.7 Å². The van der Waals surface area contributed by atoms with Gasteiger partial charge in [-0.2, -0.15) is 0 Å². The first kappa shape index (κ1) is 21.3. The van der Waals surface area contributed by atoms with Gasteiger partial charge in [-0.3, -0.25) is 14.6 Å². The topological polar surface area (TPSA) is 79.7 Å². The van der Waals surface area contributed by atoms with Crippen LogP contribution in [0.2, 0.25) is 0 Å². The van der Waals surface area contributed by atoms with Crippen molar-refractivity contribution >= 4 is 17.4 Å². The molecule has 1 aliphatic heterocycles. The van der Waals surface area contributed by atoms with Crippen molar-refractivity contribution in [2.24, 2.45) is 0 Å². The van der Waals surface area contributed by atoms with Gasteiger partial charge in [-0.25, -0.2) is 0 Å². The van der Waals surface area contributed by atoms with Crippen LogP contribution in [0, 0.1) is 6.92 Å². The standard InChI is InChI=1S/C26H24N2O4/c1-3-32-21-12-11-20(14-17(21)2)24(29)22-23(19-9-5-4-6-10-19)28(26(31)25(22)30)16-18-8-7-13-27-15-18/h4-15,23,29H,3,16H2,1-2H3. The van der Waals surface area contributed by atoms with Gasteiger partial charge in [0.25, 0.3) is 11.7 Å². The Labute approximate surface area is 186 Å². The van der Waals surface area contributed by atoms with Crippen LogP contribution in [0.3, 0.4) is 0 Å². The molecule has 162 valence electrons. The van der Waals surface area contributed by atoms with E-state index in [2.05, 4.69) is 4.98 Å². The van der Waals surface area contributed by atoms with Crippen molar-refractivity contribution in [2.45, 2.75) is 26.4 Å². The molecule has 1 unspecified atom stereocenters. The Balaban J connectivity index is 1.83. The summed E-state index contributed by atoms with van der Waals surface area (Å²) in [7, 11) is 0. The lowest BCUT2D eigenvalue weighted by molar-refractivity contribution is -0.140. The van der Waals surface area contributed by atoms with E-state index < -0.39 is 17.7 Å². The molecule has 0 radical (unpaired) electrons. The summed E-state index contributed by atoms with van der Waals surface area (Å²) in [6.07, 6.45) is 3.32. The minimum absolute atomic E-state index is 0.0775. The fraction of sp³-hybridized carbons (Fsp3) is 0.192. The Hall–Kier alpha value is -3.93. The number of nitrogens with zero attached hydrogens (tertiary/aromatic N) is 2. The molecule has 1 saturated heterocycles. The van der Waals surface area contributed by atoms with Crippen molar-refractivity contribution in [3.63, 3.8) is 0 Å². The lowest BCUT2D eigenvalue weighted by atomic mass is 9.94. The number of carbonyl (C=O) groups is 2. The molecule has 0 saturated carbocycles. The van der Waals surface area contributed by atoms with E-state index in [-0.39, 0.29) is 17.9 Å². The molecular formula is C26H24N2O4. The third kappa shape index (κ3) is 3.99. The van der Waals surface area contributed by atoms with Gasteiger partial charge in [0.15, 0.2) is 0 Å². The summed E-state index contributed by atoms with van der Waals surface area (Å²) < 4.78 is 5.58. The molecule has 6 heteroatoms. The number of ether oxygens (including phenoxy) is 1. The highest BCUT2D eigenvalue weighted by Crippen LogP contribution is 2.40. The number of ketones is 1. The number of carbonyl (C=O) groups excluding carboxylic acids is 2. The van der Waals surface area contributed by atoms with Crippen LogP contribution in [0.5, 0.6) is 5.75 Å². The molecule has 32 heavy (non-hydrogen) atoms. The van der Waals surface area contributed by atoms with Crippen molar-refractivity contribution in [3.8, 4) is 5.75 Å². The van der Waals surface area contributed by atoms with Gasteiger partial charge in [0, 0.05) is 24.5 Å². The summed E-state index contributed by atoms with van der Waals surface area (Å²) in [4.78, 5) is 31.7. The van der Waals surface area contributed by atoms with Crippen LogP contribution in [0.25, 0.3) is 5.76 Å². The Morgan fingerprint density at radius 3 is 2.53 bits per heavy atom. The van der Waals surface area contributed by atoms with E-state index in [0.29, 0.717) is 17.9 Å². The Bertz CT molecular complexity index is 1170. The summed E-state index contributed by atoms with van der Waals surface area (Å²) in [5.74, 6) is -0.837. The first-order valence-electron chi connectivity index (χ1n) is 10.5. The fourth-order valence-electron chi connectivity index (χ4n) is 3.98. The van der Waals surface area contributed by atoms with Crippen LogP contribution in [-0.4, -0.2) is 33.3 Å². The zero-order chi connectivity index (χ0) is 22.7. The number of aliphatic hydroxyl groups is 1. The van der Waals surface area contributed by atoms with E-state index in [1.807, 2.05) is 50.2 Å². The highest BCUT2D eigenvalue weighted by atomic mass is 16.5. The normalized spacial score (nSPS) is 17.6. The van der Waals surface area contributed by atoms with Gasteiger partial charge in [0.05, 0.1) is 18.2 Å². The summed E-state index contributed by atoms with van der Waals surface area (Å²) in [6, 6.07) is 17.4. The second-order valence-corrected chi connectivity index (χ2v) is 7.61. The number of aliphatic hydroxyl groups excluding tert-OH is 1. The van der Waals surface area contributed by atoms with Crippen LogP contribution in [0.1, 0.15) is 35.2 Å². The number of hydrogen-bond acceptors (Lipinski definition) is 5. The number of aryl methyl sites for hydroxylation is 1. The molecular weight excluding hydrogens is 404 g/mol. The van der Waals surface area contributed by atoms with E-state index in [0.717, 1.165) is 16.7 Å². The second kappa shape index (κ2) is 9.06. The summed E-state index contributed by atoms with van der Waals surface area (Å²) >= 11 is 0. The maximum absolute atomic E-state index is 13.1. The molecule has 1 amide bonds. The van der Waals surface area contributed by atoms with Gasteiger partial charge < -0.3 is 14.7 Å². The highest BCUT2D eigenvalue weighted by molar-refractivity contribution is 6.46. The van der Waals surface area contributed by atoms with Crippen LogP contribution in [0.4, 0.5) is 0 Å². The molecule has 1 fully saturated rings. The van der Waals surface area contributed by atoms with Gasteiger partial charge in [-0.15, -0.1) is 0 Å². The predicted molar refractivity (Wildman–Crippen MR) is 121 cm³/mol. The summed E-state index contributed by atoms with van der Waals surface area (Å²) in [5.41, 5.74) is 2.92. The van der Waals surface area contributed by atoms with E-state index in [9.17, 15) is 14.7 Å². The van der Waals surface area contributed by atoms with Gasteiger partial charge in [-0.1, -0.05) is 36.4 Å². The van der Waals surface area contributed by atoms with Crippen LogP contribution in [0.15, 0.2) is 78.6 Å². The quantitative estimate of drug-likeness (QED) is 0.357. The minimum Gasteiger partial charge on any atom is -0.507 e. The molecule has 2 aromatic carbocycles. The molecule has 3 aromatic rings. The summed E-state index contributed by atoms with van der Waals surface area (Å²) in [5, 5.41) is 11.2. The van der Waals surface area contributed by atoms with Gasteiger partial charge in [0.1, 0.15) is 11.5 Å². The largest absolute Gasteiger partial charge is 0.507 e. The number of amides is 1. The molecule has 2 heterocycles. The van der Waals surface area contributed by atoms with Crippen molar-refractivity contribution in [1.82, 2.24) is 9.88 Å². The van der Waals surface area contributed by atoms with Crippen molar-refractivity contribution in [2.75, 3.05) is 6.61 Å². The lowest BCUT2D eigenvalue weighted by Crippen LogP contribution is -2.29. The number of Topliss-reactive ketones (excluding diaryl/α,β-unsaturated/α-hetero) is 1. The third-order valence-corrected chi connectivity index (χ3v) is 5.48. The first-order valence-corrected chi connectivity index (χ1v) is 10.5. The van der Waals surface area contributed by atoms with Crippen molar-refractivity contribution < 1.29 is 19.4 Å². The third-order valence-electron chi connectivity index (χ3n) is 5.48. The number of hydrogen-bond donors (Lipinski definition) is 1. The Morgan fingerprint density at radius 2 is 1.88 bits per heavy atom. The average Bonchev–Trinajstić information content (AvgIpc) is 3.06. The van der Waals surface area contributed by atoms with Crippen LogP contribution >= 0.6 is 0 Å². The molecule has 1 N–H and O–H groups in total. The number of likely N-dealkylation sites (tertiary alicyclic amines) is 1. The predicted octanol–water partition coefficient (Wildman–Crippen LogP) is 4.41. The van der Waals surface area contributed by atoms with E-state index in [4.69, 9.17) is 4.74 Å². The molecule has 1 aliphatic rings. The zero-order valence-corrected chi connectivity index (χ0v) is 18.0. The fourth-order valence-corrected chi connectivity index (χ4v) is 3.98. The van der Waals surface area contributed by atoms with Gasteiger partial charge in [0.2, 0.25) is 0 Å².